The fourth-order valence-electron chi connectivity index (χ4n) is 3.97. The Morgan fingerprint density at radius 2 is 2.25 bits per heavy atom. The van der Waals surface area contributed by atoms with Crippen LogP contribution in [0.4, 0.5) is 0 Å². The summed E-state index contributed by atoms with van der Waals surface area (Å²) < 4.78 is 0. The van der Waals surface area contributed by atoms with E-state index in [1.165, 1.54) is 6.42 Å². The van der Waals surface area contributed by atoms with Gasteiger partial charge in [-0.05, 0) is 62.9 Å². The van der Waals surface area contributed by atoms with Crippen molar-refractivity contribution < 1.29 is 4.79 Å². The predicted molar refractivity (Wildman–Crippen MR) is 95.7 cm³/mol. The summed E-state index contributed by atoms with van der Waals surface area (Å²) >= 11 is 0. The number of pyridine rings is 1. The van der Waals surface area contributed by atoms with E-state index in [4.69, 9.17) is 0 Å². The molecule has 1 amide bonds. The van der Waals surface area contributed by atoms with E-state index in [0.717, 1.165) is 63.0 Å². The molecule has 0 unspecified atom stereocenters. The van der Waals surface area contributed by atoms with Crippen molar-refractivity contribution in [1.82, 2.24) is 20.5 Å². The van der Waals surface area contributed by atoms with Gasteiger partial charge in [-0.15, -0.1) is 0 Å². The Morgan fingerprint density at radius 3 is 3.08 bits per heavy atom. The van der Waals surface area contributed by atoms with Crippen LogP contribution in [0.5, 0.6) is 0 Å². The summed E-state index contributed by atoms with van der Waals surface area (Å²) in [5.74, 6) is 1.80. The number of fused-ring (bicyclic) bond motifs is 2. The third kappa shape index (κ3) is 4.77. The highest BCUT2D eigenvalue weighted by molar-refractivity contribution is 5.75. The topological polar surface area (TPSA) is 57.3 Å². The largest absolute Gasteiger partial charge is 0.345 e. The number of carbonyl (C=O) groups excluding carboxylic acids is 1. The van der Waals surface area contributed by atoms with Gasteiger partial charge in [-0.1, -0.05) is 6.07 Å². The second-order valence-electron chi connectivity index (χ2n) is 7.31. The number of amides is 1. The molecule has 0 spiro atoms. The van der Waals surface area contributed by atoms with Gasteiger partial charge in [-0.2, -0.15) is 0 Å². The van der Waals surface area contributed by atoms with Crippen LogP contribution in [-0.4, -0.2) is 55.1 Å². The first-order valence-electron chi connectivity index (χ1n) is 9.30. The lowest BCUT2D eigenvalue weighted by molar-refractivity contribution is -0.130. The van der Waals surface area contributed by atoms with E-state index in [9.17, 15) is 4.79 Å². The lowest BCUT2D eigenvalue weighted by atomic mass is 9.80. The highest BCUT2D eigenvalue weighted by Crippen LogP contribution is 2.26. The third-order valence-corrected chi connectivity index (χ3v) is 5.47. The van der Waals surface area contributed by atoms with Crippen LogP contribution < -0.4 is 10.6 Å². The van der Waals surface area contributed by atoms with Gasteiger partial charge in [0.05, 0.1) is 0 Å². The Labute approximate surface area is 145 Å². The maximum atomic E-state index is 12.3. The smallest absolute Gasteiger partial charge is 0.222 e. The molecule has 2 aliphatic rings. The molecule has 0 aromatic carbocycles. The Bertz CT molecular complexity index is 521. The van der Waals surface area contributed by atoms with Gasteiger partial charge in [-0.3, -0.25) is 9.78 Å². The second-order valence-corrected chi connectivity index (χ2v) is 7.31. The van der Waals surface area contributed by atoms with Gasteiger partial charge >= 0.3 is 0 Å². The molecule has 2 N–H and O–H groups in total. The van der Waals surface area contributed by atoms with Crippen LogP contribution in [0.15, 0.2) is 24.4 Å². The lowest BCUT2D eigenvalue weighted by Crippen LogP contribution is -2.54. The fourth-order valence-corrected chi connectivity index (χ4v) is 3.97. The molecule has 2 bridgehead atoms. The minimum absolute atomic E-state index is 0.251. The molecule has 2 saturated heterocycles. The average molecular weight is 330 g/mol. The predicted octanol–water partition coefficient (Wildman–Crippen LogP) is 1.45. The summed E-state index contributed by atoms with van der Waals surface area (Å²) in [6.45, 7) is 4.17. The van der Waals surface area contributed by atoms with E-state index in [1.807, 2.05) is 30.1 Å². The molecule has 132 valence electrons. The van der Waals surface area contributed by atoms with Crippen molar-refractivity contribution in [2.75, 3.05) is 33.2 Å². The first-order chi connectivity index (χ1) is 11.7. The maximum absolute atomic E-state index is 12.3. The summed E-state index contributed by atoms with van der Waals surface area (Å²) in [6, 6.07) is 6.51. The van der Waals surface area contributed by atoms with E-state index in [1.54, 1.807) is 6.20 Å². The van der Waals surface area contributed by atoms with Crippen molar-refractivity contribution in [3.05, 3.63) is 30.1 Å². The van der Waals surface area contributed by atoms with Crippen LogP contribution in [0.1, 0.15) is 31.4 Å². The zero-order valence-corrected chi connectivity index (χ0v) is 14.7. The normalized spacial score (nSPS) is 26.1. The molecular weight excluding hydrogens is 300 g/mol. The molecule has 3 heterocycles. The molecule has 1 aromatic rings. The number of likely N-dealkylation sites (N-methyl/N-ethyl adjacent to an activating group) is 1. The summed E-state index contributed by atoms with van der Waals surface area (Å²) in [6.07, 6.45) is 6.72. The van der Waals surface area contributed by atoms with Crippen molar-refractivity contribution >= 4 is 5.91 Å². The summed E-state index contributed by atoms with van der Waals surface area (Å²) in [7, 11) is 1.90. The minimum Gasteiger partial charge on any atom is -0.345 e. The third-order valence-electron chi connectivity index (χ3n) is 5.47. The summed E-state index contributed by atoms with van der Waals surface area (Å²) in [5, 5.41) is 7.24. The van der Waals surface area contributed by atoms with Crippen molar-refractivity contribution in [1.29, 1.82) is 0 Å². The van der Waals surface area contributed by atoms with Gasteiger partial charge in [0.15, 0.2) is 0 Å². The SMILES string of the molecule is CN(CCc1ccccn1)C(=O)CCC[C@@H]1NC[C@@H]2CNC[C@H]1C2. The van der Waals surface area contributed by atoms with Gasteiger partial charge in [0, 0.05) is 44.4 Å². The quantitative estimate of drug-likeness (QED) is 0.794. The Morgan fingerprint density at radius 1 is 1.33 bits per heavy atom. The first-order valence-corrected chi connectivity index (χ1v) is 9.30. The molecule has 1 aromatic heterocycles. The van der Waals surface area contributed by atoms with Gasteiger partial charge in [0.2, 0.25) is 5.91 Å². The fraction of sp³-hybridized carbons (Fsp3) is 0.684. The van der Waals surface area contributed by atoms with Gasteiger partial charge < -0.3 is 15.5 Å². The van der Waals surface area contributed by atoms with Gasteiger partial charge in [-0.25, -0.2) is 0 Å². The number of nitrogens with zero attached hydrogens (tertiary/aromatic N) is 2. The number of nitrogens with one attached hydrogen (secondary N) is 2. The Hall–Kier alpha value is -1.46. The van der Waals surface area contributed by atoms with Crippen LogP contribution in [-0.2, 0) is 11.2 Å². The van der Waals surface area contributed by atoms with Crippen LogP contribution in [0.3, 0.4) is 0 Å². The molecule has 3 atom stereocenters. The molecule has 3 rings (SSSR count). The summed E-state index contributed by atoms with van der Waals surface area (Å²) in [4.78, 5) is 18.5. The molecule has 0 saturated carbocycles. The van der Waals surface area contributed by atoms with E-state index < -0.39 is 0 Å². The molecule has 5 nitrogen and oxygen atoms in total. The van der Waals surface area contributed by atoms with E-state index >= 15 is 0 Å². The van der Waals surface area contributed by atoms with Crippen LogP contribution in [0, 0.1) is 11.8 Å². The lowest BCUT2D eigenvalue weighted by Gasteiger charge is -2.41. The van der Waals surface area contributed by atoms with Gasteiger partial charge in [0.25, 0.3) is 0 Å². The minimum atomic E-state index is 0.251. The maximum Gasteiger partial charge on any atom is 0.222 e. The first kappa shape index (κ1) is 17.4. The zero-order valence-electron chi connectivity index (χ0n) is 14.7. The molecule has 0 radical (unpaired) electrons. The molecular formula is C19H30N4O. The van der Waals surface area contributed by atoms with E-state index in [-0.39, 0.29) is 5.91 Å². The van der Waals surface area contributed by atoms with E-state index in [0.29, 0.717) is 12.5 Å². The highest BCUT2D eigenvalue weighted by atomic mass is 16.2. The number of carbonyl (C=O) groups is 1. The van der Waals surface area contributed by atoms with Crippen molar-refractivity contribution in [3.63, 3.8) is 0 Å². The molecule has 2 aliphatic heterocycles. The van der Waals surface area contributed by atoms with Gasteiger partial charge in [0.1, 0.15) is 0 Å². The summed E-state index contributed by atoms with van der Waals surface area (Å²) in [5.41, 5.74) is 1.04. The molecule has 24 heavy (non-hydrogen) atoms. The number of hydrogen-bond acceptors (Lipinski definition) is 4. The van der Waals surface area contributed by atoms with Crippen LogP contribution in [0.2, 0.25) is 0 Å². The Kier molecular flexibility index (Phi) is 6.21. The number of aromatic nitrogens is 1. The molecule has 2 fully saturated rings. The second kappa shape index (κ2) is 8.58. The number of rotatable bonds is 7. The zero-order chi connectivity index (χ0) is 16.8. The van der Waals surface area contributed by atoms with Crippen LogP contribution >= 0.6 is 0 Å². The standard InChI is InChI=1S/C19H30N4O/c1-23(10-8-17-5-2-3-9-21-17)19(24)7-4-6-18-16-11-15(13-22-18)12-20-14-16/h2-3,5,9,15-16,18,20,22H,4,6-8,10-14H2,1H3/t15-,16+,18-/m0/s1. The van der Waals surface area contributed by atoms with Crippen molar-refractivity contribution in [2.24, 2.45) is 11.8 Å². The van der Waals surface area contributed by atoms with E-state index in [2.05, 4.69) is 15.6 Å². The number of hydrogen-bond donors (Lipinski definition) is 2. The highest BCUT2D eigenvalue weighted by Gasteiger charge is 2.32. The van der Waals surface area contributed by atoms with Crippen molar-refractivity contribution in [2.45, 2.75) is 38.1 Å². The number of piperidine rings is 2. The molecule has 5 heteroatoms. The molecule has 0 aliphatic carbocycles. The van der Waals surface area contributed by atoms with Crippen LogP contribution in [0.25, 0.3) is 0 Å². The van der Waals surface area contributed by atoms with Crippen molar-refractivity contribution in [3.8, 4) is 0 Å². The monoisotopic (exact) mass is 330 g/mol. The Balaban J connectivity index is 1.34. The average Bonchev–Trinajstić information content (AvgIpc) is 2.62.